The number of nitrogens with two attached hydrogens (primary N) is 1. The van der Waals surface area contributed by atoms with E-state index in [1.807, 2.05) is 6.92 Å². The molecule has 0 aliphatic rings. The molecule has 0 saturated heterocycles. The molecule has 0 fully saturated rings. The van der Waals surface area contributed by atoms with Gasteiger partial charge < -0.3 is 16.2 Å². The van der Waals surface area contributed by atoms with Gasteiger partial charge in [0.2, 0.25) is 0 Å². The minimum absolute atomic E-state index is 0.221. The van der Waals surface area contributed by atoms with Gasteiger partial charge in [0.15, 0.2) is 0 Å². The van der Waals surface area contributed by atoms with Crippen molar-refractivity contribution in [3.05, 3.63) is 11.9 Å². The van der Waals surface area contributed by atoms with Crippen LogP contribution in [-0.4, -0.2) is 27.7 Å². The number of hydrogen-bond donors (Lipinski definition) is 3. The molecule has 90 valence electrons. The second kappa shape index (κ2) is 6.27. The fourth-order valence-corrected chi connectivity index (χ4v) is 1.60. The molecule has 5 nitrogen and oxygen atoms in total. The minimum Gasteiger partial charge on any atom is -0.396 e. The summed E-state index contributed by atoms with van der Waals surface area (Å²) < 4.78 is 0. The van der Waals surface area contributed by atoms with Gasteiger partial charge in [-0.25, -0.2) is 9.97 Å². The number of aromatic nitrogens is 2. The Balaban J connectivity index is 2.69. The van der Waals surface area contributed by atoms with E-state index in [0.29, 0.717) is 5.82 Å². The first-order chi connectivity index (χ1) is 7.69. The Kier molecular flexibility index (Phi) is 4.98. The van der Waals surface area contributed by atoms with E-state index in [4.69, 9.17) is 10.8 Å². The molecule has 1 aromatic rings. The van der Waals surface area contributed by atoms with Crippen LogP contribution >= 0.6 is 0 Å². The predicted molar refractivity (Wildman–Crippen MR) is 65.2 cm³/mol. The van der Waals surface area contributed by atoms with Crippen molar-refractivity contribution in [1.82, 2.24) is 9.97 Å². The van der Waals surface area contributed by atoms with Gasteiger partial charge in [-0.15, -0.1) is 0 Å². The smallest absolute Gasteiger partial charge is 0.134 e. The lowest BCUT2D eigenvalue weighted by Gasteiger charge is -2.16. The zero-order valence-corrected chi connectivity index (χ0v) is 9.90. The van der Waals surface area contributed by atoms with Crippen molar-refractivity contribution in [1.29, 1.82) is 0 Å². The second-order valence-corrected chi connectivity index (χ2v) is 3.85. The first kappa shape index (κ1) is 12.7. The standard InChI is InChI=1S/C11H20N4O/c1-3-9-10(12)13-7-14-11(9)15-8(2)5-4-6-16/h7-8,16H,3-6H2,1-2H3,(H3,12,13,14,15). The van der Waals surface area contributed by atoms with E-state index >= 15 is 0 Å². The summed E-state index contributed by atoms with van der Waals surface area (Å²) in [5.41, 5.74) is 6.73. The van der Waals surface area contributed by atoms with Gasteiger partial charge in [-0.2, -0.15) is 0 Å². The van der Waals surface area contributed by atoms with E-state index in [9.17, 15) is 0 Å². The van der Waals surface area contributed by atoms with Crippen LogP contribution in [-0.2, 0) is 6.42 Å². The fraction of sp³-hybridized carbons (Fsp3) is 0.636. The van der Waals surface area contributed by atoms with Gasteiger partial charge in [-0.1, -0.05) is 6.92 Å². The van der Waals surface area contributed by atoms with Gasteiger partial charge in [0.1, 0.15) is 18.0 Å². The van der Waals surface area contributed by atoms with Crippen LogP contribution in [0.2, 0.25) is 0 Å². The van der Waals surface area contributed by atoms with Crippen molar-refractivity contribution in [2.24, 2.45) is 0 Å². The lowest BCUT2D eigenvalue weighted by atomic mass is 10.1. The van der Waals surface area contributed by atoms with Gasteiger partial charge in [-0.05, 0) is 26.2 Å². The van der Waals surface area contributed by atoms with Crippen LogP contribution in [0.1, 0.15) is 32.3 Å². The summed E-state index contributed by atoms with van der Waals surface area (Å²) in [6.07, 6.45) is 3.97. The molecule has 0 saturated carbocycles. The first-order valence-electron chi connectivity index (χ1n) is 5.65. The Bertz CT molecular complexity index is 330. The van der Waals surface area contributed by atoms with Crippen LogP contribution in [0, 0.1) is 0 Å². The number of nitrogen functional groups attached to an aromatic ring is 1. The SMILES string of the molecule is CCc1c(N)ncnc1NC(C)CCCO. The van der Waals surface area contributed by atoms with E-state index in [1.54, 1.807) is 0 Å². The van der Waals surface area contributed by atoms with Crippen molar-refractivity contribution in [3.63, 3.8) is 0 Å². The normalized spacial score (nSPS) is 12.4. The quantitative estimate of drug-likeness (QED) is 0.676. The predicted octanol–water partition coefficient (Wildman–Crippen LogP) is 1.19. The molecular weight excluding hydrogens is 204 g/mol. The number of aliphatic hydroxyl groups excluding tert-OH is 1. The van der Waals surface area contributed by atoms with Crippen LogP contribution in [0.3, 0.4) is 0 Å². The molecule has 16 heavy (non-hydrogen) atoms. The highest BCUT2D eigenvalue weighted by Gasteiger charge is 2.09. The van der Waals surface area contributed by atoms with Crippen LogP contribution in [0.4, 0.5) is 11.6 Å². The Morgan fingerprint density at radius 1 is 1.50 bits per heavy atom. The molecule has 0 bridgehead atoms. The third-order valence-corrected chi connectivity index (χ3v) is 2.51. The molecule has 0 aliphatic carbocycles. The van der Waals surface area contributed by atoms with Gasteiger partial charge in [0, 0.05) is 18.2 Å². The van der Waals surface area contributed by atoms with Gasteiger partial charge in [0.05, 0.1) is 0 Å². The molecule has 1 heterocycles. The molecule has 5 heteroatoms. The third-order valence-electron chi connectivity index (χ3n) is 2.51. The van der Waals surface area contributed by atoms with E-state index in [1.165, 1.54) is 6.33 Å². The molecular formula is C11H20N4O. The van der Waals surface area contributed by atoms with E-state index < -0.39 is 0 Å². The summed E-state index contributed by atoms with van der Waals surface area (Å²) in [4.78, 5) is 8.16. The van der Waals surface area contributed by atoms with Crippen LogP contribution in [0.5, 0.6) is 0 Å². The highest BCUT2D eigenvalue weighted by molar-refractivity contribution is 5.55. The maximum atomic E-state index is 8.75. The summed E-state index contributed by atoms with van der Waals surface area (Å²) in [5.74, 6) is 1.34. The number of aliphatic hydroxyl groups is 1. The van der Waals surface area contributed by atoms with Gasteiger partial charge in [0.25, 0.3) is 0 Å². The maximum absolute atomic E-state index is 8.75. The zero-order valence-electron chi connectivity index (χ0n) is 9.90. The van der Waals surface area contributed by atoms with Crippen molar-refractivity contribution >= 4 is 11.6 Å². The first-order valence-corrected chi connectivity index (χ1v) is 5.65. The van der Waals surface area contributed by atoms with Crippen molar-refractivity contribution in [3.8, 4) is 0 Å². The largest absolute Gasteiger partial charge is 0.396 e. The average molecular weight is 224 g/mol. The number of nitrogens with zero attached hydrogens (tertiary/aromatic N) is 2. The Morgan fingerprint density at radius 3 is 2.88 bits per heavy atom. The highest BCUT2D eigenvalue weighted by Crippen LogP contribution is 2.18. The summed E-state index contributed by atoms with van der Waals surface area (Å²) in [6, 6.07) is 0.270. The Labute approximate surface area is 96.1 Å². The van der Waals surface area contributed by atoms with Crippen LogP contribution < -0.4 is 11.1 Å². The van der Waals surface area contributed by atoms with E-state index in [0.717, 1.165) is 30.6 Å². The van der Waals surface area contributed by atoms with Crippen molar-refractivity contribution in [2.45, 2.75) is 39.2 Å². The van der Waals surface area contributed by atoms with Crippen molar-refractivity contribution in [2.75, 3.05) is 17.7 Å². The minimum atomic E-state index is 0.221. The second-order valence-electron chi connectivity index (χ2n) is 3.85. The van der Waals surface area contributed by atoms with Crippen LogP contribution in [0.15, 0.2) is 6.33 Å². The molecule has 4 N–H and O–H groups in total. The summed E-state index contributed by atoms with van der Waals surface area (Å²) >= 11 is 0. The summed E-state index contributed by atoms with van der Waals surface area (Å²) in [6.45, 7) is 4.31. The van der Waals surface area contributed by atoms with Crippen LogP contribution in [0.25, 0.3) is 0 Å². The van der Waals surface area contributed by atoms with Crippen molar-refractivity contribution < 1.29 is 5.11 Å². The number of rotatable bonds is 6. The molecule has 0 aromatic carbocycles. The summed E-state index contributed by atoms with van der Waals surface area (Å²) in [5, 5.41) is 12.0. The maximum Gasteiger partial charge on any atom is 0.134 e. The zero-order chi connectivity index (χ0) is 12.0. The summed E-state index contributed by atoms with van der Waals surface area (Å²) in [7, 11) is 0. The van der Waals surface area contributed by atoms with Gasteiger partial charge in [-0.3, -0.25) is 0 Å². The lowest BCUT2D eigenvalue weighted by molar-refractivity contribution is 0.282. The molecule has 0 amide bonds. The monoisotopic (exact) mass is 224 g/mol. The van der Waals surface area contributed by atoms with E-state index in [-0.39, 0.29) is 12.6 Å². The number of anilines is 2. The average Bonchev–Trinajstić information content (AvgIpc) is 2.27. The van der Waals surface area contributed by atoms with E-state index in [2.05, 4.69) is 22.2 Å². The molecule has 1 rings (SSSR count). The third kappa shape index (κ3) is 3.34. The number of hydrogen-bond acceptors (Lipinski definition) is 5. The molecule has 0 radical (unpaired) electrons. The fourth-order valence-electron chi connectivity index (χ4n) is 1.60. The topological polar surface area (TPSA) is 84.1 Å². The number of nitrogens with one attached hydrogen (secondary N) is 1. The molecule has 0 aliphatic heterocycles. The lowest BCUT2D eigenvalue weighted by Crippen LogP contribution is -2.18. The van der Waals surface area contributed by atoms with Gasteiger partial charge >= 0.3 is 0 Å². The molecule has 1 aromatic heterocycles. The molecule has 0 spiro atoms. The highest BCUT2D eigenvalue weighted by atomic mass is 16.2. The molecule has 1 atom stereocenters. The molecule has 1 unspecified atom stereocenters. The Hall–Kier alpha value is -1.36. The Morgan fingerprint density at radius 2 is 2.25 bits per heavy atom.